The van der Waals surface area contributed by atoms with Gasteiger partial charge in [-0.2, -0.15) is 4.98 Å². The molecule has 0 aliphatic carbocycles. The molecule has 1 aliphatic heterocycles. The van der Waals surface area contributed by atoms with Crippen LogP contribution < -0.4 is 16.2 Å². The second kappa shape index (κ2) is 8.95. The fraction of sp³-hybridized carbons (Fsp3) is 0.348. The van der Waals surface area contributed by atoms with Crippen molar-refractivity contribution in [1.29, 1.82) is 0 Å². The number of pyridine rings is 1. The van der Waals surface area contributed by atoms with Crippen LogP contribution in [0, 0.1) is 0 Å². The van der Waals surface area contributed by atoms with Gasteiger partial charge >= 0.3 is 0 Å². The minimum absolute atomic E-state index is 0.145. The number of likely N-dealkylation sites (N-methyl/N-ethyl adjacent to an activating group) is 1. The summed E-state index contributed by atoms with van der Waals surface area (Å²) in [5, 5.41) is 5.56. The van der Waals surface area contributed by atoms with Crippen LogP contribution in [0.2, 0.25) is 0 Å². The van der Waals surface area contributed by atoms with Crippen LogP contribution in [0.4, 0.5) is 23.1 Å². The van der Waals surface area contributed by atoms with Crippen molar-refractivity contribution >= 4 is 33.0 Å². The predicted octanol–water partition coefficient (Wildman–Crippen LogP) is 2.83. The van der Waals surface area contributed by atoms with Gasteiger partial charge in [0.15, 0.2) is 9.84 Å². The second-order valence-corrected chi connectivity index (χ2v) is 11.0. The Bertz CT molecular complexity index is 1350. The van der Waals surface area contributed by atoms with E-state index in [2.05, 4.69) is 32.5 Å². The van der Waals surface area contributed by atoms with Crippen LogP contribution in [0.25, 0.3) is 0 Å². The van der Waals surface area contributed by atoms with Crippen LogP contribution in [-0.4, -0.2) is 46.7 Å². The van der Waals surface area contributed by atoms with Crippen LogP contribution >= 0.6 is 0 Å². The zero-order valence-corrected chi connectivity index (χ0v) is 20.0. The molecule has 2 aromatic heterocycles. The largest absolute Gasteiger partial charge is 0.339 e. The first-order chi connectivity index (χ1) is 15.7. The predicted molar refractivity (Wildman–Crippen MR) is 129 cm³/mol. The van der Waals surface area contributed by atoms with Crippen LogP contribution in [0.15, 0.2) is 52.3 Å². The maximum absolute atomic E-state index is 12.9. The molecule has 0 unspecified atom stereocenters. The highest BCUT2D eigenvalue weighted by Gasteiger charge is 2.23. The van der Waals surface area contributed by atoms with E-state index in [1.165, 1.54) is 0 Å². The monoisotopic (exact) mass is 468 g/mol. The Morgan fingerprint density at radius 2 is 1.82 bits per heavy atom. The molecule has 0 bridgehead atoms. The standard InChI is InChI=1S/C23H28N6O3S/c1-15(2)33(31,32)20-8-6-5-7-17(20)25-21-9-11-24-23(27-21)26-18-13-16-14-28(3)12-10-19(16)29(4)22(18)30/h5-9,11,13,15H,10,12,14H2,1-4H3,(H2,24,25,26,27). The minimum Gasteiger partial charge on any atom is -0.339 e. The molecule has 0 fully saturated rings. The minimum atomic E-state index is -3.48. The molecule has 0 radical (unpaired) electrons. The zero-order valence-electron chi connectivity index (χ0n) is 19.2. The molecule has 0 saturated carbocycles. The summed E-state index contributed by atoms with van der Waals surface area (Å²) in [6, 6.07) is 10.2. The van der Waals surface area contributed by atoms with Gasteiger partial charge in [-0.15, -0.1) is 0 Å². The van der Waals surface area contributed by atoms with Crippen molar-refractivity contribution in [2.75, 3.05) is 24.2 Å². The molecule has 33 heavy (non-hydrogen) atoms. The molecule has 9 nitrogen and oxygen atoms in total. The fourth-order valence-corrected chi connectivity index (χ4v) is 5.08. The van der Waals surface area contributed by atoms with Crippen LogP contribution in [0.3, 0.4) is 0 Å². The molecule has 1 aromatic carbocycles. The Labute approximate surface area is 193 Å². The Morgan fingerprint density at radius 1 is 1.06 bits per heavy atom. The lowest BCUT2D eigenvalue weighted by atomic mass is 10.1. The Hall–Kier alpha value is -3.24. The number of hydrogen-bond donors (Lipinski definition) is 2. The van der Waals surface area contributed by atoms with Crippen molar-refractivity contribution in [3.63, 3.8) is 0 Å². The average Bonchev–Trinajstić information content (AvgIpc) is 2.77. The number of sulfone groups is 1. The van der Waals surface area contributed by atoms with Gasteiger partial charge in [-0.05, 0) is 50.7 Å². The third kappa shape index (κ3) is 4.62. The lowest BCUT2D eigenvalue weighted by molar-refractivity contribution is 0.306. The second-order valence-electron chi connectivity index (χ2n) is 8.49. The van der Waals surface area contributed by atoms with Gasteiger partial charge in [0.1, 0.15) is 11.5 Å². The zero-order chi connectivity index (χ0) is 23.8. The molecule has 3 heterocycles. The molecular formula is C23H28N6O3S. The molecule has 0 saturated heterocycles. The number of anilines is 4. The Balaban J connectivity index is 1.63. The SMILES string of the molecule is CC(C)S(=O)(=O)c1ccccc1Nc1ccnc(Nc2cc3c(n(C)c2=O)CCN(C)C3)n1. The molecule has 2 N–H and O–H groups in total. The number of rotatable bonds is 6. The number of benzene rings is 1. The van der Waals surface area contributed by atoms with Crippen LogP contribution in [-0.2, 0) is 29.9 Å². The number of para-hydroxylation sites is 1. The first-order valence-corrected chi connectivity index (χ1v) is 12.3. The summed E-state index contributed by atoms with van der Waals surface area (Å²) in [4.78, 5) is 24.0. The van der Waals surface area contributed by atoms with Gasteiger partial charge in [0.05, 0.1) is 15.8 Å². The van der Waals surface area contributed by atoms with E-state index in [1.54, 1.807) is 62.0 Å². The fourth-order valence-electron chi connectivity index (χ4n) is 3.88. The van der Waals surface area contributed by atoms with E-state index < -0.39 is 15.1 Å². The number of aromatic nitrogens is 3. The van der Waals surface area contributed by atoms with Crippen LogP contribution in [0.1, 0.15) is 25.1 Å². The normalized spacial score (nSPS) is 14.2. The van der Waals surface area contributed by atoms with E-state index in [-0.39, 0.29) is 16.4 Å². The topological polar surface area (TPSA) is 109 Å². The van der Waals surface area contributed by atoms with E-state index in [1.807, 2.05) is 6.07 Å². The van der Waals surface area contributed by atoms with Gasteiger partial charge in [-0.3, -0.25) is 4.79 Å². The molecule has 0 spiro atoms. The maximum Gasteiger partial charge on any atom is 0.274 e. The molecule has 4 rings (SSSR count). The molecule has 0 atom stereocenters. The summed E-state index contributed by atoms with van der Waals surface area (Å²) in [6.45, 7) is 4.98. The van der Waals surface area contributed by atoms with Crippen molar-refractivity contribution < 1.29 is 8.42 Å². The van der Waals surface area contributed by atoms with Gasteiger partial charge < -0.3 is 20.1 Å². The number of fused-ring (bicyclic) bond motifs is 1. The third-order valence-corrected chi connectivity index (χ3v) is 7.99. The summed E-state index contributed by atoms with van der Waals surface area (Å²) in [5.41, 5.74) is 2.82. The number of nitrogens with zero attached hydrogens (tertiary/aromatic N) is 4. The molecule has 3 aromatic rings. The molecule has 0 amide bonds. The number of nitrogens with one attached hydrogen (secondary N) is 2. The first-order valence-electron chi connectivity index (χ1n) is 10.8. The summed E-state index contributed by atoms with van der Waals surface area (Å²) < 4.78 is 27.2. The van der Waals surface area contributed by atoms with E-state index in [4.69, 9.17) is 0 Å². The molecule has 1 aliphatic rings. The van der Waals surface area contributed by atoms with E-state index in [9.17, 15) is 13.2 Å². The number of hydrogen-bond acceptors (Lipinski definition) is 8. The lowest BCUT2D eigenvalue weighted by Crippen LogP contribution is -2.33. The lowest BCUT2D eigenvalue weighted by Gasteiger charge is -2.27. The van der Waals surface area contributed by atoms with Crippen molar-refractivity contribution in [3.05, 3.63) is 64.2 Å². The van der Waals surface area contributed by atoms with Crippen molar-refractivity contribution in [2.45, 2.75) is 37.0 Å². The Morgan fingerprint density at radius 3 is 2.58 bits per heavy atom. The summed E-state index contributed by atoms with van der Waals surface area (Å²) in [6.07, 6.45) is 2.38. The highest BCUT2D eigenvalue weighted by Crippen LogP contribution is 2.27. The van der Waals surface area contributed by atoms with Crippen molar-refractivity contribution in [2.24, 2.45) is 7.05 Å². The molecule has 174 valence electrons. The maximum atomic E-state index is 12.9. The quantitative estimate of drug-likeness (QED) is 0.568. The van der Waals surface area contributed by atoms with Gasteiger partial charge in [-0.25, -0.2) is 13.4 Å². The van der Waals surface area contributed by atoms with E-state index in [0.717, 1.165) is 30.8 Å². The van der Waals surface area contributed by atoms with Gasteiger partial charge in [0.25, 0.3) is 5.56 Å². The van der Waals surface area contributed by atoms with Gasteiger partial charge in [0, 0.05) is 38.4 Å². The van der Waals surface area contributed by atoms with Gasteiger partial charge in [-0.1, -0.05) is 12.1 Å². The van der Waals surface area contributed by atoms with Crippen molar-refractivity contribution in [3.8, 4) is 0 Å². The summed E-state index contributed by atoms with van der Waals surface area (Å²) >= 11 is 0. The summed E-state index contributed by atoms with van der Waals surface area (Å²) in [5.74, 6) is 0.652. The van der Waals surface area contributed by atoms with E-state index in [0.29, 0.717) is 17.2 Å². The molecule has 10 heteroatoms. The van der Waals surface area contributed by atoms with Crippen molar-refractivity contribution in [1.82, 2.24) is 19.4 Å². The average molecular weight is 469 g/mol. The van der Waals surface area contributed by atoms with E-state index >= 15 is 0 Å². The first kappa shape index (κ1) is 22.9. The highest BCUT2D eigenvalue weighted by molar-refractivity contribution is 7.92. The smallest absolute Gasteiger partial charge is 0.274 e. The third-order valence-electron chi connectivity index (χ3n) is 5.78. The highest BCUT2D eigenvalue weighted by atomic mass is 32.2. The van der Waals surface area contributed by atoms with Crippen LogP contribution in [0.5, 0.6) is 0 Å². The van der Waals surface area contributed by atoms with Gasteiger partial charge in [0.2, 0.25) is 5.95 Å². The summed E-state index contributed by atoms with van der Waals surface area (Å²) in [7, 11) is 0.353. The Kier molecular flexibility index (Phi) is 6.22. The molecular weight excluding hydrogens is 440 g/mol.